The molecule has 0 aliphatic heterocycles. The molecule has 1 heterocycles. The lowest BCUT2D eigenvalue weighted by Crippen LogP contribution is -2.02. The molecule has 7 nitrogen and oxygen atoms in total. The fourth-order valence-electron chi connectivity index (χ4n) is 2.41. The van der Waals surface area contributed by atoms with Crippen LogP contribution in [0.3, 0.4) is 0 Å². The van der Waals surface area contributed by atoms with E-state index in [1.807, 2.05) is 30.3 Å². The summed E-state index contributed by atoms with van der Waals surface area (Å²) in [4.78, 5) is 14.5. The standard InChI is InChI=1S/C17H13N3O4/c18-20-19-8-9-23-14-7-6-12-13(11-4-2-1-3-5-11)10-15(21)24-17(12)16(14)22/h1-7,10,22H,8-9H2. The zero-order valence-electron chi connectivity index (χ0n) is 12.5. The maximum atomic E-state index is 11.9. The Hall–Kier alpha value is -3.44. The summed E-state index contributed by atoms with van der Waals surface area (Å²) >= 11 is 0. The molecular weight excluding hydrogens is 310 g/mol. The number of phenols is 1. The number of benzene rings is 2. The highest BCUT2D eigenvalue weighted by atomic mass is 16.5. The molecule has 0 radical (unpaired) electrons. The van der Waals surface area contributed by atoms with Gasteiger partial charge in [-0.25, -0.2) is 4.79 Å². The molecule has 3 rings (SSSR count). The second kappa shape index (κ2) is 6.76. The van der Waals surface area contributed by atoms with Crippen molar-refractivity contribution in [3.05, 3.63) is 69.4 Å². The van der Waals surface area contributed by atoms with Gasteiger partial charge >= 0.3 is 5.63 Å². The Morgan fingerprint density at radius 1 is 1.21 bits per heavy atom. The molecule has 24 heavy (non-hydrogen) atoms. The van der Waals surface area contributed by atoms with Crippen LogP contribution in [0.5, 0.6) is 11.5 Å². The van der Waals surface area contributed by atoms with Crippen LogP contribution in [0, 0.1) is 0 Å². The Morgan fingerprint density at radius 3 is 2.75 bits per heavy atom. The predicted molar refractivity (Wildman–Crippen MR) is 89.1 cm³/mol. The zero-order valence-corrected chi connectivity index (χ0v) is 12.5. The topological polar surface area (TPSA) is 108 Å². The van der Waals surface area contributed by atoms with E-state index in [4.69, 9.17) is 14.7 Å². The lowest BCUT2D eigenvalue weighted by atomic mass is 10.0. The van der Waals surface area contributed by atoms with E-state index in [1.165, 1.54) is 6.07 Å². The molecule has 0 fully saturated rings. The molecule has 0 amide bonds. The van der Waals surface area contributed by atoms with Gasteiger partial charge in [0.05, 0.1) is 13.2 Å². The summed E-state index contributed by atoms with van der Waals surface area (Å²) in [6, 6.07) is 14.0. The van der Waals surface area contributed by atoms with Gasteiger partial charge in [-0.15, -0.1) is 0 Å². The molecule has 0 aliphatic carbocycles. The van der Waals surface area contributed by atoms with Gasteiger partial charge < -0.3 is 14.3 Å². The van der Waals surface area contributed by atoms with Gasteiger partial charge in [0, 0.05) is 16.4 Å². The quantitative estimate of drug-likeness (QED) is 0.253. The van der Waals surface area contributed by atoms with Crippen molar-refractivity contribution in [1.82, 2.24) is 0 Å². The molecule has 0 saturated heterocycles. The third kappa shape index (κ3) is 3.02. The highest BCUT2D eigenvalue weighted by Gasteiger charge is 2.15. The third-order valence-electron chi connectivity index (χ3n) is 3.45. The number of aromatic hydroxyl groups is 1. The fourth-order valence-corrected chi connectivity index (χ4v) is 2.41. The first kappa shape index (κ1) is 15.5. The fraction of sp³-hybridized carbons (Fsp3) is 0.118. The van der Waals surface area contributed by atoms with Gasteiger partial charge in [-0.2, -0.15) is 0 Å². The van der Waals surface area contributed by atoms with Crippen LogP contribution in [0.2, 0.25) is 0 Å². The van der Waals surface area contributed by atoms with Crippen LogP contribution in [0.25, 0.3) is 32.5 Å². The minimum atomic E-state index is -0.567. The van der Waals surface area contributed by atoms with Crippen molar-refractivity contribution in [3.63, 3.8) is 0 Å². The average molecular weight is 323 g/mol. The van der Waals surface area contributed by atoms with Crippen LogP contribution in [0.1, 0.15) is 0 Å². The Balaban J connectivity index is 2.09. The highest BCUT2D eigenvalue weighted by Crippen LogP contribution is 2.37. The lowest BCUT2D eigenvalue weighted by molar-refractivity contribution is 0.308. The van der Waals surface area contributed by atoms with E-state index in [2.05, 4.69) is 10.0 Å². The first-order valence-corrected chi connectivity index (χ1v) is 7.19. The zero-order chi connectivity index (χ0) is 16.9. The van der Waals surface area contributed by atoms with Crippen LogP contribution < -0.4 is 10.4 Å². The molecule has 3 aromatic rings. The van der Waals surface area contributed by atoms with Gasteiger partial charge in [0.2, 0.25) is 5.75 Å². The van der Waals surface area contributed by atoms with E-state index in [0.717, 1.165) is 5.56 Å². The van der Waals surface area contributed by atoms with Gasteiger partial charge in [0.15, 0.2) is 11.3 Å². The smallest absolute Gasteiger partial charge is 0.336 e. The summed E-state index contributed by atoms with van der Waals surface area (Å²) in [5.41, 5.74) is 9.23. The third-order valence-corrected chi connectivity index (χ3v) is 3.45. The molecule has 0 atom stereocenters. The Kier molecular flexibility index (Phi) is 4.36. The second-order valence-corrected chi connectivity index (χ2v) is 4.94. The predicted octanol–water partition coefficient (Wildman–Crippen LogP) is 3.85. The summed E-state index contributed by atoms with van der Waals surface area (Å²) in [6.45, 7) is 0.230. The van der Waals surface area contributed by atoms with E-state index in [1.54, 1.807) is 12.1 Å². The number of hydrogen-bond acceptors (Lipinski definition) is 5. The van der Waals surface area contributed by atoms with Gasteiger partial charge in [-0.3, -0.25) is 0 Å². The Morgan fingerprint density at radius 2 is 2.00 bits per heavy atom. The maximum absolute atomic E-state index is 11.9. The molecule has 0 aliphatic rings. The maximum Gasteiger partial charge on any atom is 0.336 e. The summed E-state index contributed by atoms with van der Waals surface area (Å²) in [7, 11) is 0. The molecule has 0 spiro atoms. The molecule has 7 heteroatoms. The summed E-state index contributed by atoms with van der Waals surface area (Å²) < 4.78 is 10.5. The van der Waals surface area contributed by atoms with E-state index in [0.29, 0.717) is 10.9 Å². The van der Waals surface area contributed by atoms with Crippen LogP contribution in [-0.2, 0) is 0 Å². The number of ether oxygens (including phenoxy) is 1. The van der Waals surface area contributed by atoms with Crippen LogP contribution in [0.15, 0.2) is 62.9 Å². The van der Waals surface area contributed by atoms with Crippen molar-refractivity contribution >= 4 is 11.0 Å². The monoisotopic (exact) mass is 323 g/mol. The summed E-state index contributed by atoms with van der Waals surface area (Å²) in [5, 5.41) is 14.3. The molecule has 0 unspecified atom stereocenters. The van der Waals surface area contributed by atoms with Crippen molar-refractivity contribution in [3.8, 4) is 22.6 Å². The van der Waals surface area contributed by atoms with Crippen molar-refractivity contribution in [1.29, 1.82) is 0 Å². The van der Waals surface area contributed by atoms with Gasteiger partial charge in [0.1, 0.15) is 0 Å². The summed E-state index contributed by atoms with van der Waals surface area (Å²) in [5.74, 6) is -0.104. The summed E-state index contributed by atoms with van der Waals surface area (Å²) in [6.07, 6.45) is 0. The number of nitrogens with zero attached hydrogens (tertiary/aromatic N) is 3. The molecule has 1 aromatic heterocycles. The normalized spacial score (nSPS) is 10.3. The van der Waals surface area contributed by atoms with E-state index < -0.39 is 5.63 Å². The van der Waals surface area contributed by atoms with E-state index in [-0.39, 0.29) is 30.2 Å². The average Bonchev–Trinajstić information content (AvgIpc) is 2.61. The Bertz CT molecular complexity index is 976. The van der Waals surface area contributed by atoms with Crippen LogP contribution in [0.4, 0.5) is 0 Å². The molecule has 1 N–H and O–H groups in total. The first-order valence-electron chi connectivity index (χ1n) is 7.19. The minimum absolute atomic E-state index is 0.0580. The van der Waals surface area contributed by atoms with Crippen LogP contribution in [-0.4, -0.2) is 18.3 Å². The molecular formula is C17H13N3O4. The van der Waals surface area contributed by atoms with Crippen molar-refractivity contribution in [2.75, 3.05) is 13.2 Å². The molecule has 2 aromatic carbocycles. The lowest BCUT2D eigenvalue weighted by Gasteiger charge is -2.10. The largest absolute Gasteiger partial charge is 0.502 e. The van der Waals surface area contributed by atoms with Crippen LogP contribution >= 0.6 is 0 Å². The SMILES string of the molecule is [N-]=[N+]=NCCOc1ccc2c(-c3ccccc3)cc(=O)oc2c1O. The first-order chi connectivity index (χ1) is 11.7. The number of phenolic OH excluding ortho intramolecular Hbond substituents is 1. The number of hydrogen-bond donors (Lipinski definition) is 1. The van der Waals surface area contributed by atoms with E-state index >= 15 is 0 Å². The molecule has 0 saturated carbocycles. The molecule has 120 valence electrons. The van der Waals surface area contributed by atoms with E-state index in [9.17, 15) is 9.90 Å². The van der Waals surface area contributed by atoms with Crippen molar-refractivity contribution < 1.29 is 14.3 Å². The van der Waals surface area contributed by atoms with Gasteiger partial charge in [0.25, 0.3) is 0 Å². The Labute approximate surface area is 136 Å². The number of fused-ring (bicyclic) bond motifs is 1. The second-order valence-electron chi connectivity index (χ2n) is 4.94. The highest BCUT2D eigenvalue weighted by molar-refractivity contribution is 5.97. The van der Waals surface area contributed by atoms with Crippen molar-refractivity contribution in [2.45, 2.75) is 0 Å². The molecule has 0 bridgehead atoms. The van der Waals surface area contributed by atoms with Crippen molar-refractivity contribution in [2.24, 2.45) is 5.11 Å². The number of rotatable bonds is 5. The van der Waals surface area contributed by atoms with Gasteiger partial charge in [-0.05, 0) is 28.8 Å². The minimum Gasteiger partial charge on any atom is -0.502 e. The van der Waals surface area contributed by atoms with Gasteiger partial charge in [-0.1, -0.05) is 35.4 Å². The number of azide groups is 1.